The highest BCUT2D eigenvalue weighted by atomic mass is 32.1. The van der Waals surface area contributed by atoms with Crippen LogP contribution in [-0.4, -0.2) is 45.4 Å². The highest BCUT2D eigenvalue weighted by Crippen LogP contribution is 2.27. The molecule has 4 rings (SSSR count). The van der Waals surface area contributed by atoms with Crippen molar-refractivity contribution >= 4 is 11.3 Å². The summed E-state index contributed by atoms with van der Waals surface area (Å²) in [5.74, 6) is 0. The van der Waals surface area contributed by atoms with E-state index < -0.39 is 0 Å². The number of piperidine rings is 1. The summed E-state index contributed by atoms with van der Waals surface area (Å²) in [6.45, 7) is 7.69. The van der Waals surface area contributed by atoms with Crippen LogP contribution in [0, 0.1) is 0 Å². The second kappa shape index (κ2) is 9.41. The molecule has 0 spiro atoms. The van der Waals surface area contributed by atoms with Crippen LogP contribution in [-0.2, 0) is 13.1 Å². The molecule has 1 aliphatic rings. The van der Waals surface area contributed by atoms with Gasteiger partial charge in [-0.2, -0.15) is 0 Å². The Morgan fingerprint density at radius 1 is 1.14 bits per heavy atom. The summed E-state index contributed by atoms with van der Waals surface area (Å²) in [5, 5.41) is 1.12. The van der Waals surface area contributed by atoms with E-state index in [1.807, 2.05) is 23.7 Å². The average Bonchev–Trinajstić information content (AvgIpc) is 3.22. The Kier molecular flexibility index (Phi) is 6.47. The molecule has 1 fully saturated rings. The summed E-state index contributed by atoms with van der Waals surface area (Å²) in [6, 6.07) is 15.4. The van der Waals surface area contributed by atoms with Crippen LogP contribution in [0.4, 0.5) is 0 Å². The van der Waals surface area contributed by atoms with E-state index in [4.69, 9.17) is 0 Å². The number of likely N-dealkylation sites (tertiary alicyclic amines) is 1. The van der Waals surface area contributed by atoms with Gasteiger partial charge in [0, 0.05) is 54.7 Å². The summed E-state index contributed by atoms with van der Waals surface area (Å²) in [6.07, 6.45) is 8.40. The molecule has 0 amide bonds. The Bertz CT molecular complexity index is 849. The second-order valence-corrected chi connectivity index (χ2v) is 8.56. The minimum Gasteiger partial charge on any atom is -0.297 e. The monoisotopic (exact) mass is 392 g/mol. The fourth-order valence-electron chi connectivity index (χ4n) is 4.01. The molecule has 0 radical (unpaired) electrons. The minimum atomic E-state index is 0.619. The van der Waals surface area contributed by atoms with Crippen LogP contribution in [0.2, 0.25) is 0 Å². The molecule has 0 saturated carbocycles. The standard InChI is InChI=1S/C23H28N4S/c1-2-27(16-19-10-12-24-13-11-19)21-9-6-14-26(17-21)18-22-15-25-23(28-22)20-7-4-3-5-8-20/h3-5,7-8,10-13,15,21H,2,6,9,14,16-18H2,1H3. The van der Waals surface area contributed by atoms with Crippen molar-refractivity contribution in [1.82, 2.24) is 19.8 Å². The van der Waals surface area contributed by atoms with Gasteiger partial charge >= 0.3 is 0 Å². The minimum absolute atomic E-state index is 0.619. The third kappa shape index (κ3) is 4.85. The molecule has 28 heavy (non-hydrogen) atoms. The Balaban J connectivity index is 1.38. The molecule has 0 aliphatic carbocycles. The van der Waals surface area contributed by atoms with Gasteiger partial charge in [-0.1, -0.05) is 37.3 Å². The van der Waals surface area contributed by atoms with E-state index in [0.717, 1.165) is 31.2 Å². The topological polar surface area (TPSA) is 32.3 Å². The van der Waals surface area contributed by atoms with Gasteiger partial charge in [-0.15, -0.1) is 11.3 Å². The molecule has 146 valence electrons. The fraction of sp³-hybridized carbons (Fsp3) is 0.391. The van der Waals surface area contributed by atoms with Crippen molar-refractivity contribution in [3.05, 3.63) is 71.5 Å². The van der Waals surface area contributed by atoms with Crippen molar-refractivity contribution in [2.45, 2.75) is 38.9 Å². The van der Waals surface area contributed by atoms with Gasteiger partial charge < -0.3 is 0 Å². The largest absolute Gasteiger partial charge is 0.297 e. The van der Waals surface area contributed by atoms with Crippen molar-refractivity contribution in [2.75, 3.05) is 19.6 Å². The first-order valence-corrected chi connectivity index (χ1v) is 11.0. The number of hydrogen-bond donors (Lipinski definition) is 0. The van der Waals surface area contributed by atoms with Crippen LogP contribution >= 0.6 is 11.3 Å². The van der Waals surface area contributed by atoms with E-state index in [2.05, 4.69) is 75.4 Å². The molecular weight excluding hydrogens is 364 g/mol. The number of pyridine rings is 1. The van der Waals surface area contributed by atoms with Crippen LogP contribution in [0.15, 0.2) is 61.1 Å². The molecule has 5 heteroatoms. The molecule has 1 saturated heterocycles. The quantitative estimate of drug-likeness (QED) is 0.584. The Morgan fingerprint density at radius 2 is 1.96 bits per heavy atom. The van der Waals surface area contributed by atoms with Crippen LogP contribution in [0.5, 0.6) is 0 Å². The lowest BCUT2D eigenvalue weighted by molar-refractivity contribution is 0.0923. The number of nitrogens with zero attached hydrogens (tertiary/aromatic N) is 4. The Morgan fingerprint density at radius 3 is 2.75 bits per heavy atom. The number of hydrogen-bond acceptors (Lipinski definition) is 5. The number of rotatable bonds is 7. The first-order valence-electron chi connectivity index (χ1n) is 10.2. The maximum absolute atomic E-state index is 4.65. The molecule has 0 bridgehead atoms. The highest BCUT2D eigenvalue weighted by Gasteiger charge is 2.25. The fourth-order valence-corrected chi connectivity index (χ4v) is 4.97. The van der Waals surface area contributed by atoms with Gasteiger partial charge in [-0.3, -0.25) is 14.8 Å². The van der Waals surface area contributed by atoms with Crippen molar-refractivity contribution in [3.8, 4) is 10.6 Å². The molecule has 3 aromatic rings. The molecule has 2 aromatic heterocycles. The maximum atomic E-state index is 4.65. The predicted molar refractivity (Wildman–Crippen MR) is 116 cm³/mol. The molecule has 4 nitrogen and oxygen atoms in total. The molecule has 0 N–H and O–H groups in total. The zero-order valence-electron chi connectivity index (χ0n) is 16.5. The maximum Gasteiger partial charge on any atom is 0.123 e. The van der Waals surface area contributed by atoms with Crippen LogP contribution in [0.1, 0.15) is 30.2 Å². The summed E-state index contributed by atoms with van der Waals surface area (Å²) in [4.78, 5) is 15.4. The van der Waals surface area contributed by atoms with Crippen molar-refractivity contribution in [3.63, 3.8) is 0 Å². The van der Waals surface area contributed by atoms with E-state index in [9.17, 15) is 0 Å². The van der Waals surface area contributed by atoms with Gasteiger partial charge in [0.15, 0.2) is 0 Å². The molecule has 1 unspecified atom stereocenters. The number of benzene rings is 1. The number of likely N-dealkylation sites (N-methyl/N-ethyl adjacent to an activating group) is 1. The lowest BCUT2D eigenvalue weighted by atomic mass is 10.0. The third-order valence-electron chi connectivity index (χ3n) is 5.49. The summed E-state index contributed by atoms with van der Waals surface area (Å²) in [7, 11) is 0. The van der Waals surface area contributed by atoms with Crippen molar-refractivity contribution < 1.29 is 0 Å². The van der Waals surface area contributed by atoms with E-state index >= 15 is 0 Å². The highest BCUT2D eigenvalue weighted by molar-refractivity contribution is 7.15. The number of thiazole rings is 1. The van der Waals surface area contributed by atoms with E-state index in [-0.39, 0.29) is 0 Å². The molecule has 3 heterocycles. The third-order valence-corrected chi connectivity index (χ3v) is 6.52. The molecular formula is C23H28N4S. The zero-order valence-corrected chi connectivity index (χ0v) is 17.3. The summed E-state index contributed by atoms with van der Waals surface area (Å²) in [5.41, 5.74) is 2.56. The first kappa shape index (κ1) is 19.2. The van der Waals surface area contributed by atoms with Gasteiger partial charge in [0.25, 0.3) is 0 Å². The Hall–Kier alpha value is -2.08. The van der Waals surface area contributed by atoms with E-state index in [1.54, 1.807) is 0 Å². The van der Waals surface area contributed by atoms with Crippen molar-refractivity contribution in [2.24, 2.45) is 0 Å². The zero-order chi connectivity index (χ0) is 19.2. The normalized spacial score (nSPS) is 17.9. The van der Waals surface area contributed by atoms with E-state index in [0.29, 0.717) is 6.04 Å². The van der Waals surface area contributed by atoms with Gasteiger partial charge in [0.1, 0.15) is 5.01 Å². The van der Waals surface area contributed by atoms with Gasteiger partial charge in [0.2, 0.25) is 0 Å². The summed E-state index contributed by atoms with van der Waals surface area (Å²) < 4.78 is 0. The van der Waals surface area contributed by atoms with Gasteiger partial charge in [-0.05, 0) is 43.6 Å². The van der Waals surface area contributed by atoms with E-state index in [1.165, 1.54) is 35.4 Å². The van der Waals surface area contributed by atoms with Crippen molar-refractivity contribution in [1.29, 1.82) is 0 Å². The lowest BCUT2D eigenvalue weighted by Crippen LogP contribution is -2.47. The van der Waals surface area contributed by atoms with Crippen LogP contribution in [0.3, 0.4) is 0 Å². The number of aromatic nitrogens is 2. The first-order chi connectivity index (χ1) is 13.8. The van der Waals surface area contributed by atoms with Gasteiger partial charge in [-0.25, -0.2) is 4.98 Å². The Labute approximate surface area is 171 Å². The molecule has 1 aromatic carbocycles. The molecule has 1 atom stereocenters. The average molecular weight is 393 g/mol. The van der Waals surface area contributed by atoms with Crippen LogP contribution in [0.25, 0.3) is 10.6 Å². The summed E-state index contributed by atoms with van der Waals surface area (Å²) >= 11 is 1.82. The SMILES string of the molecule is CCN(Cc1ccncc1)C1CCCN(Cc2cnc(-c3ccccc3)s2)C1. The molecule has 1 aliphatic heterocycles. The second-order valence-electron chi connectivity index (χ2n) is 7.45. The predicted octanol–water partition coefficient (Wildman–Crippen LogP) is 4.69. The van der Waals surface area contributed by atoms with Crippen LogP contribution < -0.4 is 0 Å². The lowest BCUT2D eigenvalue weighted by Gasteiger charge is -2.39. The van der Waals surface area contributed by atoms with Gasteiger partial charge in [0.05, 0.1) is 0 Å². The smallest absolute Gasteiger partial charge is 0.123 e.